The molecule has 2 heterocycles. The van der Waals surface area contributed by atoms with Gasteiger partial charge in [-0.05, 0) is 64.5 Å². The Morgan fingerprint density at radius 3 is 2.68 bits per heavy atom. The van der Waals surface area contributed by atoms with Crippen molar-refractivity contribution in [1.82, 2.24) is 15.5 Å². The summed E-state index contributed by atoms with van der Waals surface area (Å²) < 4.78 is 0. The first-order chi connectivity index (χ1) is 12.0. The Bertz CT molecular complexity index is 526. The fraction of sp³-hybridized carbons (Fsp3) is 0.722. The number of allylic oxidation sites excluding steroid dienone is 1. The monoisotopic (exact) mass is 351 g/mol. The third-order valence-corrected chi connectivity index (χ3v) is 5.03. The van der Waals surface area contributed by atoms with Crippen LogP contribution in [0.15, 0.2) is 11.8 Å². The molecule has 0 aromatic heterocycles. The van der Waals surface area contributed by atoms with E-state index in [4.69, 9.17) is 5.11 Å². The van der Waals surface area contributed by atoms with E-state index in [9.17, 15) is 14.4 Å². The lowest BCUT2D eigenvalue weighted by atomic mass is 9.86. The molecule has 3 N–H and O–H groups in total. The molecule has 2 rings (SSSR count). The summed E-state index contributed by atoms with van der Waals surface area (Å²) in [5.74, 6) is -0.661. The lowest BCUT2D eigenvalue weighted by Gasteiger charge is -2.33. The molecule has 0 aromatic carbocycles. The number of carboxylic acid groups (broad SMARTS) is 1. The van der Waals surface area contributed by atoms with Crippen LogP contribution in [0.1, 0.15) is 45.4 Å². The van der Waals surface area contributed by atoms with Gasteiger partial charge in [0.25, 0.3) is 0 Å². The van der Waals surface area contributed by atoms with E-state index in [1.54, 1.807) is 4.90 Å². The molecular weight excluding hydrogens is 322 g/mol. The van der Waals surface area contributed by atoms with Crippen molar-refractivity contribution >= 4 is 17.8 Å². The van der Waals surface area contributed by atoms with Gasteiger partial charge in [-0.2, -0.15) is 0 Å². The summed E-state index contributed by atoms with van der Waals surface area (Å²) in [6.45, 7) is 4.24. The van der Waals surface area contributed by atoms with Gasteiger partial charge in [0.2, 0.25) is 11.8 Å². The van der Waals surface area contributed by atoms with Gasteiger partial charge in [0.05, 0.1) is 6.54 Å². The second kappa shape index (κ2) is 9.56. The number of carbonyl (C=O) groups is 3. The van der Waals surface area contributed by atoms with Crippen LogP contribution in [0.4, 0.5) is 0 Å². The molecule has 2 aliphatic heterocycles. The molecule has 2 fully saturated rings. The Hall–Kier alpha value is -1.89. The third kappa shape index (κ3) is 6.49. The average molecular weight is 351 g/mol. The number of carboxylic acids is 1. The predicted octanol–water partition coefficient (Wildman–Crippen LogP) is 1.11. The maximum absolute atomic E-state index is 12.6. The molecule has 25 heavy (non-hydrogen) atoms. The molecule has 2 aliphatic rings. The summed E-state index contributed by atoms with van der Waals surface area (Å²) in [5.41, 5.74) is 0.268. The van der Waals surface area contributed by atoms with Gasteiger partial charge in [0.15, 0.2) is 0 Å². The van der Waals surface area contributed by atoms with Crippen molar-refractivity contribution in [2.45, 2.75) is 45.4 Å². The number of piperidine rings is 2. The van der Waals surface area contributed by atoms with Gasteiger partial charge in [-0.15, -0.1) is 0 Å². The van der Waals surface area contributed by atoms with Crippen molar-refractivity contribution < 1.29 is 19.5 Å². The molecule has 0 unspecified atom stereocenters. The number of nitrogens with zero attached hydrogens (tertiary/aromatic N) is 1. The van der Waals surface area contributed by atoms with Gasteiger partial charge in [0, 0.05) is 24.2 Å². The molecule has 0 aliphatic carbocycles. The van der Waals surface area contributed by atoms with Crippen LogP contribution in [-0.2, 0) is 14.4 Å². The van der Waals surface area contributed by atoms with Crippen LogP contribution in [0.5, 0.6) is 0 Å². The predicted molar refractivity (Wildman–Crippen MR) is 93.7 cm³/mol. The minimum absolute atomic E-state index is 0.00647. The summed E-state index contributed by atoms with van der Waals surface area (Å²) in [5, 5.41) is 14.5. The number of rotatable bonds is 7. The quantitative estimate of drug-likeness (QED) is 0.597. The van der Waals surface area contributed by atoms with Gasteiger partial charge >= 0.3 is 5.97 Å². The number of amides is 2. The zero-order valence-corrected chi connectivity index (χ0v) is 14.9. The van der Waals surface area contributed by atoms with E-state index in [2.05, 4.69) is 10.6 Å². The molecule has 140 valence electrons. The van der Waals surface area contributed by atoms with Gasteiger partial charge < -0.3 is 20.6 Å². The molecule has 0 aromatic rings. The molecule has 7 heteroatoms. The van der Waals surface area contributed by atoms with Crippen molar-refractivity contribution in [2.75, 3.05) is 26.2 Å². The largest absolute Gasteiger partial charge is 0.478 e. The molecule has 0 saturated carbocycles. The minimum Gasteiger partial charge on any atom is -0.478 e. The third-order valence-electron chi connectivity index (χ3n) is 5.03. The standard InChI is InChI=1S/C18H29N3O4/c1-13(11-17(23)24)20-16(22)12-21-10-2-3-15(18(21)25)5-4-14-6-8-19-9-7-14/h11,14-15,19H,2-10,12H2,1H3,(H,20,22)(H,23,24)/b13-11+/t15-/m0/s1. The highest BCUT2D eigenvalue weighted by Crippen LogP contribution is 2.27. The number of hydrogen-bond donors (Lipinski definition) is 3. The van der Waals surface area contributed by atoms with E-state index in [0.29, 0.717) is 12.5 Å². The summed E-state index contributed by atoms with van der Waals surface area (Å²) in [6.07, 6.45) is 7.11. The summed E-state index contributed by atoms with van der Waals surface area (Å²) in [6, 6.07) is 0. The molecule has 0 radical (unpaired) electrons. The summed E-state index contributed by atoms with van der Waals surface area (Å²) >= 11 is 0. The van der Waals surface area contributed by atoms with Crippen LogP contribution in [0, 0.1) is 11.8 Å². The molecule has 0 bridgehead atoms. The molecule has 2 amide bonds. The molecule has 7 nitrogen and oxygen atoms in total. The number of likely N-dealkylation sites (tertiary alicyclic amines) is 1. The first-order valence-corrected chi connectivity index (χ1v) is 9.16. The van der Waals surface area contributed by atoms with Gasteiger partial charge in [-0.1, -0.05) is 0 Å². The van der Waals surface area contributed by atoms with E-state index in [1.807, 2.05) is 0 Å². The Kier molecular flexibility index (Phi) is 7.43. The van der Waals surface area contributed by atoms with Crippen molar-refractivity contribution in [3.05, 3.63) is 11.8 Å². The second-order valence-electron chi connectivity index (χ2n) is 7.08. The highest BCUT2D eigenvalue weighted by atomic mass is 16.4. The Morgan fingerprint density at radius 2 is 2.00 bits per heavy atom. The fourth-order valence-corrected chi connectivity index (χ4v) is 3.71. The summed E-state index contributed by atoms with van der Waals surface area (Å²) in [7, 11) is 0. The number of carbonyl (C=O) groups excluding carboxylic acids is 2. The van der Waals surface area contributed by atoms with Crippen LogP contribution < -0.4 is 10.6 Å². The van der Waals surface area contributed by atoms with Crippen molar-refractivity contribution in [2.24, 2.45) is 11.8 Å². The van der Waals surface area contributed by atoms with Gasteiger partial charge in [-0.25, -0.2) is 4.79 Å². The van der Waals surface area contributed by atoms with E-state index < -0.39 is 5.97 Å². The van der Waals surface area contributed by atoms with Gasteiger partial charge in [0.1, 0.15) is 0 Å². The maximum atomic E-state index is 12.6. The van der Waals surface area contributed by atoms with Crippen LogP contribution in [0.3, 0.4) is 0 Å². The van der Waals surface area contributed by atoms with Crippen molar-refractivity contribution in [1.29, 1.82) is 0 Å². The van der Waals surface area contributed by atoms with Crippen LogP contribution in [-0.4, -0.2) is 54.0 Å². The first-order valence-electron chi connectivity index (χ1n) is 9.16. The number of aliphatic carboxylic acids is 1. The SMILES string of the molecule is C/C(=C\C(=O)O)NC(=O)CN1CCC[C@@H](CCC2CCNCC2)C1=O. The zero-order valence-electron chi connectivity index (χ0n) is 14.9. The smallest absolute Gasteiger partial charge is 0.330 e. The Labute approximate surface area is 148 Å². The lowest BCUT2D eigenvalue weighted by Crippen LogP contribution is -2.46. The highest BCUT2D eigenvalue weighted by Gasteiger charge is 2.30. The van der Waals surface area contributed by atoms with Crippen molar-refractivity contribution in [3.63, 3.8) is 0 Å². The normalized spacial score (nSPS) is 22.8. The Morgan fingerprint density at radius 1 is 1.28 bits per heavy atom. The zero-order chi connectivity index (χ0) is 18.2. The highest BCUT2D eigenvalue weighted by molar-refractivity contribution is 5.88. The second-order valence-corrected chi connectivity index (χ2v) is 7.08. The van der Waals surface area contributed by atoms with Crippen LogP contribution >= 0.6 is 0 Å². The fourth-order valence-electron chi connectivity index (χ4n) is 3.71. The lowest BCUT2D eigenvalue weighted by molar-refractivity contribution is -0.142. The minimum atomic E-state index is -1.11. The Balaban J connectivity index is 1.80. The van der Waals surface area contributed by atoms with Crippen molar-refractivity contribution in [3.8, 4) is 0 Å². The molecular formula is C18H29N3O4. The van der Waals surface area contributed by atoms with E-state index >= 15 is 0 Å². The maximum Gasteiger partial charge on any atom is 0.330 e. The van der Waals surface area contributed by atoms with E-state index in [1.165, 1.54) is 19.8 Å². The average Bonchev–Trinajstić information content (AvgIpc) is 2.55. The van der Waals surface area contributed by atoms with E-state index in [-0.39, 0.29) is 30.0 Å². The van der Waals surface area contributed by atoms with Gasteiger partial charge in [-0.3, -0.25) is 9.59 Å². The first kappa shape index (κ1) is 19.4. The summed E-state index contributed by atoms with van der Waals surface area (Å²) in [4.78, 5) is 36.8. The molecule has 1 atom stereocenters. The van der Waals surface area contributed by atoms with Crippen LogP contribution in [0.2, 0.25) is 0 Å². The number of nitrogens with one attached hydrogen (secondary N) is 2. The molecule has 0 spiro atoms. The molecule has 2 saturated heterocycles. The number of hydrogen-bond acceptors (Lipinski definition) is 4. The van der Waals surface area contributed by atoms with Crippen LogP contribution in [0.25, 0.3) is 0 Å². The topological polar surface area (TPSA) is 98.7 Å². The van der Waals surface area contributed by atoms with E-state index in [0.717, 1.165) is 44.8 Å².